The smallest absolute Gasteiger partial charge is 0.341 e. The van der Waals surface area contributed by atoms with E-state index in [1.54, 1.807) is 12.1 Å². The molecule has 0 saturated heterocycles. The van der Waals surface area contributed by atoms with Crippen LogP contribution in [0.25, 0.3) is 10.8 Å². The van der Waals surface area contributed by atoms with Gasteiger partial charge in [-0.2, -0.15) is 0 Å². The Morgan fingerprint density at radius 1 is 1.18 bits per heavy atom. The average Bonchev–Trinajstić information content (AvgIpc) is 2.27. The summed E-state index contributed by atoms with van der Waals surface area (Å²) in [6.07, 6.45) is 0. The number of benzene rings is 2. The van der Waals surface area contributed by atoms with Crippen LogP contribution in [0.4, 0.5) is 0 Å². The standard InChI is InChI=1S/C11H7IO5/c13-10-3-1-2-6-4-8(11(14)15)9(12(16)17)5-7(6)10/h1-5,13H,(H,14,15). The number of phenolic OH excluding ortho intramolecular Hbond substituents is 1. The Hall–Kier alpha value is -1.70. The van der Waals surface area contributed by atoms with E-state index in [4.69, 9.17) is 5.11 Å². The molecule has 2 N–H and O–H groups in total. The number of fused-ring (bicyclic) bond motifs is 1. The lowest BCUT2D eigenvalue weighted by Crippen LogP contribution is -2.00. The molecule has 0 aliphatic rings. The van der Waals surface area contributed by atoms with Gasteiger partial charge in [-0.15, -0.1) is 0 Å². The number of carbonyl (C=O) groups is 1. The van der Waals surface area contributed by atoms with Crippen molar-refractivity contribution in [2.45, 2.75) is 0 Å². The van der Waals surface area contributed by atoms with Crippen LogP contribution in [0.15, 0.2) is 30.3 Å². The molecule has 0 radical (unpaired) electrons. The minimum atomic E-state index is -3.92. The number of hydrogen-bond donors (Lipinski definition) is 2. The van der Waals surface area contributed by atoms with E-state index >= 15 is 0 Å². The molecule has 0 aliphatic heterocycles. The second-order valence-corrected chi connectivity index (χ2v) is 5.76. The SMILES string of the molecule is O=C(O)c1cc2cccc(O)c2cc1I(=O)=O. The second kappa shape index (κ2) is 4.28. The Morgan fingerprint density at radius 3 is 2.47 bits per heavy atom. The van der Waals surface area contributed by atoms with E-state index in [2.05, 4.69) is 0 Å². The fourth-order valence-electron chi connectivity index (χ4n) is 1.57. The molecule has 0 spiro atoms. The van der Waals surface area contributed by atoms with Gasteiger partial charge >= 0.3 is 25.8 Å². The summed E-state index contributed by atoms with van der Waals surface area (Å²) in [5, 5.41) is 19.3. The van der Waals surface area contributed by atoms with Crippen molar-refractivity contribution < 1.29 is 21.1 Å². The van der Waals surface area contributed by atoms with Crippen molar-refractivity contribution in [3.8, 4) is 5.75 Å². The predicted octanol–water partition coefficient (Wildman–Crippen LogP) is 2.61. The lowest BCUT2D eigenvalue weighted by molar-refractivity contribution is 0.0696. The lowest BCUT2D eigenvalue weighted by atomic mass is 10.1. The van der Waals surface area contributed by atoms with Gasteiger partial charge < -0.3 is 10.2 Å². The van der Waals surface area contributed by atoms with E-state index in [0.717, 1.165) is 0 Å². The van der Waals surface area contributed by atoms with E-state index in [-0.39, 0.29) is 14.9 Å². The molecule has 0 saturated carbocycles. The molecular formula is C11H7IO5. The number of carboxylic acid groups (broad SMARTS) is 1. The van der Waals surface area contributed by atoms with Crippen molar-refractivity contribution in [3.63, 3.8) is 0 Å². The van der Waals surface area contributed by atoms with Crippen LogP contribution in [0.3, 0.4) is 0 Å². The predicted molar refractivity (Wildman–Crippen MR) is 66.7 cm³/mol. The number of halogens is 1. The number of rotatable bonds is 2. The van der Waals surface area contributed by atoms with Crippen LogP contribution in [0.1, 0.15) is 10.4 Å². The molecule has 0 fully saturated rings. The zero-order valence-corrected chi connectivity index (χ0v) is 10.5. The van der Waals surface area contributed by atoms with Crippen molar-refractivity contribution in [2.75, 3.05) is 0 Å². The third-order valence-electron chi connectivity index (χ3n) is 2.34. The topological polar surface area (TPSA) is 91.7 Å². The summed E-state index contributed by atoms with van der Waals surface area (Å²) in [5.41, 5.74) is -0.252. The van der Waals surface area contributed by atoms with Crippen molar-refractivity contribution in [3.05, 3.63) is 39.5 Å². The van der Waals surface area contributed by atoms with Gasteiger partial charge in [0.1, 0.15) is 5.75 Å². The van der Waals surface area contributed by atoms with Crippen LogP contribution in [0, 0.1) is 3.57 Å². The highest BCUT2D eigenvalue weighted by Crippen LogP contribution is 2.31. The highest BCUT2D eigenvalue weighted by atomic mass is 127. The fraction of sp³-hybridized carbons (Fsp3) is 0. The molecule has 6 heteroatoms. The molecule has 0 aromatic heterocycles. The Balaban J connectivity index is 2.91. The van der Waals surface area contributed by atoms with E-state index in [1.165, 1.54) is 18.2 Å². The summed E-state index contributed by atoms with van der Waals surface area (Å²) in [5.74, 6) is -1.36. The van der Waals surface area contributed by atoms with Crippen molar-refractivity contribution >= 4 is 36.5 Å². The molecule has 2 aromatic carbocycles. The van der Waals surface area contributed by atoms with Gasteiger partial charge in [-0.05, 0) is 23.6 Å². The Bertz CT molecular complexity index is 680. The lowest BCUT2D eigenvalue weighted by Gasteiger charge is -2.04. The molecule has 0 amide bonds. The summed E-state index contributed by atoms with van der Waals surface area (Å²) < 4.78 is 21.9. The molecule has 0 heterocycles. The molecule has 17 heavy (non-hydrogen) atoms. The van der Waals surface area contributed by atoms with Crippen molar-refractivity contribution in [1.29, 1.82) is 0 Å². The molecule has 2 rings (SSSR count). The minimum Gasteiger partial charge on any atom is -0.507 e. The van der Waals surface area contributed by atoms with Crippen LogP contribution < -0.4 is 0 Å². The quantitative estimate of drug-likeness (QED) is 0.816. The maximum absolute atomic E-state index is 11.1. The van der Waals surface area contributed by atoms with Gasteiger partial charge in [-0.3, -0.25) is 0 Å². The number of carboxylic acids is 1. The number of aromatic hydroxyl groups is 1. The van der Waals surface area contributed by atoms with Crippen LogP contribution in [0.2, 0.25) is 0 Å². The number of phenols is 1. The largest absolute Gasteiger partial charge is 0.507 e. The maximum atomic E-state index is 11.1. The average molecular weight is 346 g/mol. The van der Waals surface area contributed by atoms with Gasteiger partial charge in [-0.25, -0.2) is 10.9 Å². The van der Waals surface area contributed by atoms with Gasteiger partial charge in [0, 0.05) is 5.39 Å². The molecular weight excluding hydrogens is 339 g/mol. The first kappa shape index (κ1) is 11.8. The minimum absolute atomic E-state index is 0.0709. The first-order chi connectivity index (χ1) is 8.00. The molecule has 0 bridgehead atoms. The van der Waals surface area contributed by atoms with Crippen molar-refractivity contribution in [1.82, 2.24) is 0 Å². The normalized spacial score (nSPS) is 10.9. The molecule has 88 valence electrons. The fourth-order valence-corrected chi connectivity index (χ4v) is 3.00. The summed E-state index contributed by atoms with van der Waals surface area (Å²) in [7, 11) is 0. The first-order valence-electron chi connectivity index (χ1n) is 4.55. The summed E-state index contributed by atoms with van der Waals surface area (Å²) in [4.78, 5) is 10.9. The molecule has 0 atom stereocenters. The summed E-state index contributed by atoms with van der Waals surface area (Å²) in [6, 6.07) is 7.06. The molecule has 0 aliphatic carbocycles. The van der Waals surface area contributed by atoms with Gasteiger partial charge in [-0.1, -0.05) is 12.1 Å². The Kier molecular flexibility index (Phi) is 2.97. The zero-order chi connectivity index (χ0) is 12.6. The first-order valence-corrected chi connectivity index (χ1v) is 7.39. The molecule has 2 aromatic rings. The van der Waals surface area contributed by atoms with Crippen LogP contribution in [-0.4, -0.2) is 16.2 Å². The van der Waals surface area contributed by atoms with Gasteiger partial charge in [0.05, 0.1) is 9.13 Å². The van der Waals surface area contributed by atoms with Crippen LogP contribution in [0.5, 0.6) is 5.75 Å². The molecule has 0 unspecified atom stereocenters. The van der Waals surface area contributed by atoms with Crippen molar-refractivity contribution in [2.24, 2.45) is 0 Å². The Morgan fingerprint density at radius 2 is 1.88 bits per heavy atom. The van der Waals surface area contributed by atoms with Gasteiger partial charge in [0.2, 0.25) is 0 Å². The van der Waals surface area contributed by atoms with Crippen LogP contribution >= 0.6 is 19.8 Å². The van der Waals surface area contributed by atoms with Gasteiger partial charge in [0.15, 0.2) is 0 Å². The van der Waals surface area contributed by atoms with E-state index in [9.17, 15) is 16.0 Å². The van der Waals surface area contributed by atoms with Gasteiger partial charge in [0.25, 0.3) is 0 Å². The third kappa shape index (κ3) is 2.07. The van der Waals surface area contributed by atoms with E-state index in [0.29, 0.717) is 10.8 Å². The summed E-state index contributed by atoms with van der Waals surface area (Å²) >= 11 is -3.92. The maximum Gasteiger partial charge on any atom is 0.341 e. The number of aromatic carboxylic acids is 1. The highest BCUT2D eigenvalue weighted by Gasteiger charge is 2.16. The zero-order valence-electron chi connectivity index (χ0n) is 8.38. The molecule has 5 nitrogen and oxygen atoms in total. The highest BCUT2D eigenvalue weighted by molar-refractivity contribution is 14.2. The third-order valence-corrected chi connectivity index (χ3v) is 4.18. The van der Waals surface area contributed by atoms with E-state index < -0.39 is 25.8 Å². The monoisotopic (exact) mass is 346 g/mol. The second-order valence-electron chi connectivity index (χ2n) is 3.35. The Labute approximate surface area is 103 Å². The summed E-state index contributed by atoms with van der Waals surface area (Å²) in [6.45, 7) is 0. The van der Waals surface area contributed by atoms with Crippen LogP contribution in [-0.2, 0) is 6.14 Å². The van der Waals surface area contributed by atoms with E-state index in [1.807, 2.05) is 0 Å². The number of hydrogen-bond acceptors (Lipinski definition) is 4.